The summed E-state index contributed by atoms with van der Waals surface area (Å²) in [6.07, 6.45) is 2.24. The SMILES string of the molecule is C#CC(CCC)NCCOC(F)(F)F. The fraction of sp³-hybridized carbons (Fsp3) is 0.778. The van der Waals surface area contributed by atoms with E-state index >= 15 is 0 Å². The van der Waals surface area contributed by atoms with Gasteiger partial charge in [-0.2, -0.15) is 0 Å². The summed E-state index contributed by atoms with van der Waals surface area (Å²) in [6.45, 7) is 1.65. The third-order valence-corrected chi connectivity index (χ3v) is 1.54. The van der Waals surface area contributed by atoms with E-state index < -0.39 is 13.0 Å². The van der Waals surface area contributed by atoms with Gasteiger partial charge in [-0.3, -0.25) is 4.74 Å². The van der Waals surface area contributed by atoms with Crippen LogP contribution in [0.2, 0.25) is 0 Å². The summed E-state index contributed by atoms with van der Waals surface area (Å²) in [7, 11) is 0. The first-order valence-corrected chi connectivity index (χ1v) is 4.39. The van der Waals surface area contributed by atoms with E-state index in [2.05, 4.69) is 16.0 Å². The van der Waals surface area contributed by atoms with Crippen LogP contribution in [0.15, 0.2) is 0 Å². The lowest BCUT2D eigenvalue weighted by atomic mass is 10.2. The Hall–Kier alpha value is -0.730. The number of nitrogens with one attached hydrogen (secondary N) is 1. The Morgan fingerprint density at radius 2 is 2.14 bits per heavy atom. The first-order valence-electron chi connectivity index (χ1n) is 4.39. The van der Waals surface area contributed by atoms with Crippen LogP contribution in [-0.4, -0.2) is 25.6 Å². The van der Waals surface area contributed by atoms with E-state index in [1.165, 1.54) is 0 Å². The standard InChI is InChI=1S/C9H14F3NO/c1-3-5-8(4-2)13-6-7-14-9(10,11)12/h2,8,13H,3,5-7H2,1H3. The van der Waals surface area contributed by atoms with Gasteiger partial charge in [-0.15, -0.1) is 19.6 Å². The molecular formula is C9H14F3NO. The van der Waals surface area contributed by atoms with Crippen molar-refractivity contribution in [3.63, 3.8) is 0 Å². The van der Waals surface area contributed by atoms with Gasteiger partial charge in [-0.05, 0) is 6.42 Å². The van der Waals surface area contributed by atoms with Crippen LogP contribution < -0.4 is 5.32 Å². The van der Waals surface area contributed by atoms with E-state index in [0.717, 1.165) is 12.8 Å². The van der Waals surface area contributed by atoms with Gasteiger partial charge in [0.1, 0.15) is 0 Å². The Balaban J connectivity index is 3.48. The van der Waals surface area contributed by atoms with Crippen LogP contribution in [-0.2, 0) is 4.74 Å². The molecule has 0 aliphatic rings. The zero-order valence-corrected chi connectivity index (χ0v) is 8.03. The molecular weight excluding hydrogens is 195 g/mol. The number of ether oxygens (including phenoxy) is 1. The lowest BCUT2D eigenvalue weighted by molar-refractivity contribution is -0.323. The second-order valence-electron chi connectivity index (χ2n) is 2.76. The predicted octanol–water partition coefficient (Wildman–Crippen LogP) is 1.91. The van der Waals surface area contributed by atoms with Crippen molar-refractivity contribution in [1.82, 2.24) is 5.32 Å². The Morgan fingerprint density at radius 3 is 2.57 bits per heavy atom. The van der Waals surface area contributed by atoms with Crippen molar-refractivity contribution in [3.8, 4) is 12.3 Å². The molecule has 1 N–H and O–H groups in total. The van der Waals surface area contributed by atoms with Gasteiger partial charge in [0.2, 0.25) is 0 Å². The quantitative estimate of drug-likeness (QED) is 0.533. The highest BCUT2D eigenvalue weighted by Crippen LogP contribution is 2.15. The van der Waals surface area contributed by atoms with E-state index in [0.29, 0.717) is 0 Å². The van der Waals surface area contributed by atoms with E-state index in [1.54, 1.807) is 0 Å². The van der Waals surface area contributed by atoms with Crippen molar-refractivity contribution in [2.24, 2.45) is 0 Å². The summed E-state index contributed by atoms with van der Waals surface area (Å²) in [4.78, 5) is 0. The minimum atomic E-state index is -4.56. The molecule has 0 saturated heterocycles. The number of alkyl halides is 3. The molecule has 1 atom stereocenters. The highest BCUT2D eigenvalue weighted by molar-refractivity contribution is 4.98. The van der Waals surface area contributed by atoms with E-state index in [9.17, 15) is 13.2 Å². The molecule has 0 aliphatic carbocycles. The molecule has 0 saturated carbocycles. The summed E-state index contributed by atoms with van der Waals surface area (Å²) in [5, 5.41) is 2.78. The van der Waals surface area contributed by atoms with Gasteiger partial charge in [0.25, 0.3) is 0 Å². The van der Waals surface area contributed by atoms with Crippen LogP contribution in [0.3, 0.4) is 0 Å². The van der Waals surface area contributed by atoms with Crippen LogP contribution in [0, 0.1) is 12.3 Å². The van der Waals surface area contributed by atoms with Crippen LogP contribution in [0.25, 0.3) is 0 Å². The number of rotatable bonds is 6. The smallest absolute Gasteiger partial charge is 0.301 e. The minimum Gasteiger partial charge on any atom is -0.301 e. The highest BCUT2D eigenvalue weighted by Gasteiger charge is 2.28. The molecule has 0 radical (unpaired) electrons. The van der Waals surface area contributed by atoms with Crippen molar-refractivity contribution in [1.29, 1.82) is 0 Å². The fourth-order valence-corrected chi connectivity index (χ4v) is 0.933. The topological polar surface area (TPSA) is 21.3 Å². The van der Waals surface area contributed by atoms with Crippen LogP contribution in [0.1, 0.15) is 19.8 Å². The third kappa shape index (κ3) is 7.90. The zero-order valence-electron chi connectivity index (χ0n) is 8.03. The number of terminal acetylenes is 1. The molecule has 2 nitrogen and oxygen atoms in total. The van der Waals surface area contributed by atoms with Crippen LogP contribution in [0.4, 0.5) is 13.2 Å². The predicted molar refractivity (Wildman–Crippen MR) is 47.5 cm³/mol. The van der Waals surface area contributed by atoms with Crippen molar-refractivity contribution in [3.05, 3.63) is 0 Å². The second-order valence-corrected chi connectivity index (χ2v) is 2.76. The van der Waals surface area contributed by atoms with Crippen LogP contribution in [0.5, 0.6) is 0 Å². The monoisotopic (exact) mass is 209 g/mol. The molecule has 0 heterocycles. The van der Waals surface area contributed by atoms with Gasteiger partial charge in [0.15, 0.2) is 0 Å². The van der Waals surface area contributed by atoms with Gasteiger partial charge in [0.05, 0.1) is 12.6 Å². The van der Waals surface area contributed by atoms with Crippen molar-refractivity contribution in [2.75, 3.05) is 13.2 Å². The molecule has 0 rings (SSSR count). The van der Waals surface area contributed by atoms with Crippen molar-refractivity contribution in [2.45, 2.75) is 32.2 Å². The van der Waals surface area contributed by atoms with Gasteiger partial charge in [-0.1, -0.05) is 19.3 Å². The average Bonchev–Trinajstić information content (AvgIpc) is 2.08. The maximum Gasteiger partial charge on any atom is 0.522 e. The largest absolute Gasteiger partial charge is 0.522 e. The zero-order chi connectivity index (χ0) is 11.0. The maximum absolute atomic E-state index is 11.5. The Morgan fingerprint density at radius 1 is 1.50 bits per heavy atom. The summed E-state index contributed by atoms with van der Waals surface area (Å²) in [5.74, 6) is 2.45. The van der Waals surface area contributed by atoms with E-state index in [1.807, 2.05) is 6.92 Å². The normalized spacial score (nSPS) is 13.6. The molecule has 0 spiro atoms. The molecule has 0 fully saturated rings. The average molecular weight is 209 g/mol. The molecule has 0 aromatic heterocycles. The summed E-state index contributed by atoms with van der Waals surface area (Å²) >= 11 is 0. The lowest BCUT2D eigenvalue weighted by Crippen LogP contribution is -2.32. The Labute approximate surface area is 81.8 Å². The van der Waals surface area contributed by atoms with Crippen molar-refractivity contribution >= 4 is 0 Å². The molecule has 14 heavy (non-hydrogen) atoms. The minimum absolute atomic E-state index is 0.106. The van der Waals surface area contributed by atoms with Gasteiger partial charge in [-0.25, -0.2) is 0 Å². The molecule has 0 aromatic rings. The molecule has 0 aliphatic heterocycles. The molecule has 0 bridgehead atoms. The number of halogens is 3. The highest BCUT2D eigenvalue weighted by atomic mass is 19.4. The number of hydrogen-bond acceptors (Lipinski definition) is 2. The summed E-state index contributed by atoms with van der Waals surface area (Å²) < 4.78 is 38.1. The van der Waals surface area contributed by atoms with Crippen molar-refractivity contribution < 1.29 is 17.9 Å². The number of hydrogen-bond donors (Lipinski definition) is 1. The second kappa shape index (κ2) is 6.68. The molecule has 1 unspecified atom stereocenters. The van der Waals surface area contributed by atoms with E-state index in [4.69, 9.17) is 6.42 Å². The van der Waals surface area contributed by atoms with Crippen LogP contribution >= 0.6 is 0 Å². The summed E-state index contributed by atoms with van der Waals surface area (Å²) in [6, 6.07) is -0.170. The Bertz CT molecular complexity index is 185. The maximum atomic E-state index is 11.5. The molecule has 0 amide bonds. The first-order chi connectivity index (χ1) is 6.49. The lowest BCUT2D eigenvalue weighted by Gasteiger charge is -2.12. The summed E-state index contributed by atoms with van der Waals surface area (Å²) in [5.41, 5.74) is 0. The Kier molecular flexibility index (Phi) is 6.34. The fourth-order valence-electron chi connectivity index (χ4n) is 0.933. The van der Waals surface area contributed by atoms with E-state index in [-0.39, 0.29) is 12.6 Å². The molecule has 82 valence electrons. The van der Waals surface area contributed by atoms with Gasteiger partial charge >= 0.3 is 6.36 Å². The van der Waals surface area contributed by atoms with Gasteiger partial charge in [0, 0.05) is 6.54 Å². The first kappa shape index (κ1) is 13.3. The molecule has 5 heteroatoms. The molecule has 0 aromatic carbocycles. The van der Waals surface area contributed by atoms with Gasteiger partial charge < -0.3 is 5.32 Å². The third-order valence-electron chi connectivity index (χ3n) is 1.54.